The molecule has 0 spiro atoms. The number of hydrogen-bond donors (Lipinski definition) is 4. The molecule has 4 amide bonds. The van der Waals surface area contributed by atoms with E-state index in [1.807, 2.05) is 36.4 Å². The van der Waals surface area contributed by atoms with Gasteiger partial charge in [-0.2, -0.15) is 0 Å². The number of hydrogen-bond acceptors (Lipinski definition) is 4. The second-order valence-corrected chi connectivity index (χ2v) is 13.6. The summed E-state index contributed by atoms with van der Waals surface area (Å²) in [4.78, 5) is 30.4. The number of unbranched alkanes of at least 4 members (excludes halogenated alkanes) is 8. The molecule has 0 heterocycles. The van der Waals surface area contributed by atoms with Crippen LogP contribution in [0.25, 0.3) is 0 Å². The average molecular weight is 679 g/mol. The molecule has 4 N–H and O–H groups in total. The highest BCUT2D eigenvalue weighted by Crippen LogP contribution is 2.18. The summed E-state index contributed by atoms with van der Waals surface area (Å²) in [7, 11) is 0. The number of benzene rings is 2. The Morgan fingerprint density at radius 3 is 1.29 bits per heavy atom. The molecule has 0 aliphatic carbocycles. The molecule has 2 rings (SSSR count). The molecule has 2 aromatic carbocycles. The predicted octanol–water partition coefficient (Wildman–Crippen LogP) is 9.67. The number of carbonyl (C=O) groups is 2. The Morgan fingerprint density at radius 1 is 0.490 bits per heavy atom. The first-order chi connectivity index (χ1) is 24.0. The van der Waals surface area contributed by atoms with E-state index in [1.165, 1.54) is 77.0 Å². The quantitative estimate of drug-likeness (QED) is 0.0675. The van der Waals surface area contributed by atoms with E-state index in [2.05, 4.69) is 70.9 Å². The Hall–Kier alpha value is -3.10. The zero-order chi connectivity index (χ0) is 35.4. The van der Waals surface area contributed by atoms with E-state index in [4.69, 9.17) is 0 Å². The van der Waals surface area contributed by atoms with Crippen LogP contribution in [0.3, 0.4) is 0 Å². The first-order valence-corrected chi connectivity index (χ1v) is 19.7. The first-order valence-electron chi connectivity index (χ1n) is 19.7. The van der Waals surface area contributed by atoms with Crippen molar-refractivity contribution in [3.05, 3.63) is 59.7 Å². The van der Waals surface area contributed by atoms with Gasteiger partial charge >= 0.3 is 12.1 Å². The van der Waals surface area contributed by atoms with Gasteiger partial charge < -0.3 is 31.1 Å². The Bertz CT molecular complexity index is 1050. The van der Waals surface area contributed by atoms with Gasteiger partial charge in [0.05, 0.1) is 0 Å². The monoisotopic (exact) mass is 679 g/mol. The summed E-state index contributed by atoms with van der Waals surface area (Å²) in [5, 5.41) is 12.1. The normalized spacial score (nSPS) is 11.2. The van der Waals surface area contributed by atoms with Crippen molar-refractivity contribution in [2.45, 2.75) is 124 Å². The third-order valence-corrected chi connectivity index (χ3v) is 8.96. The Balaban J connectivity index is 1.75. The number of nitrogens with zero attached hydrogens (tertiary/aromatic N) is 2. The molecule has 0 radical (unpaired) electrons. The molecule has 0 saturated carbocycles. The average Bonchev–Trinajstić information content (AvgIpc) is 3.09. The van der Waals surface area contributed by atoms with Gasteiger partial charge in [-0.3, -0.25) is 0 Å². The lowest BCUT2D eigenvalue weighted by atomic mass is 10.0. The van der Waals surface area contributed by atoms with Crippen LogP contribution in [0.1, 0.15) is 129 Å². The molecule has 2 aromatic rings. The van der Waals surface area contributed by atoms with Crippen molar-refractivity contribution in [2.75, 3.05) is 63.0 Å². The van der Waals surface area contributed by atoms with E-state index < -0.39 is 0 Å². The van der Waals surface area contributed by atoms with Crippen molar-refractivity contribution in [1.82, 2.24) is 20.4 Å². The maximum Gasteiger partial charge on any atom is 0.319 e. The van der Waals surface area contributed by atoms with Crippen LogP contribution in [0.4, 0.5) is 21.0 Å². The molecule has 0 atom stereocenters. The number of anilines is 2. The zero-order valence-corrected chi connectivity index (χ0v) is 31.6. The third kappa shape index (κ3) is 20.9. The maximum atomic E-state index is 12.6. The minimum Gasteiger partial charge on any atom is -0.338 e. The van der Waals surface area contributed by atoms with E-state index in [9.17, 15) is 9.59 Å². The molecular weight excluding hydrogens is 608 g/mol. The van der Waals surface area contributed by atoms with Gasteiger partial charge in [-0.15, -0.1) is 0 Å². The number of rotatable bonds is 28. The molecule has 8 heteroatoms. The van der Waals surface area contributed by atoms with E-state index in [1.54, 1.807) is 0 Å². The van der Waals surface area contributed by atoms with E-state index in [-0.39, 0.29) is 12.1 Å². The fraction of sp³-hybridized carbons (Fsp3) is 0.659. The summed E-state index contributed by atoms with van der Waals surface area (Å²) >= 11 is 0. The van der Waals surface area contributed by atoms with Gasteiger partial charge in [-0.25, -0.2) is 9.59 Å². The van der Waals surface area contributed by atoms with Gasteiger partial charge in [0, 0.05) is 24.5 Å². The summed E-state index contributed by atoms with van der Waals surface area (Å²) < 4.78 is 0. The summed E-state index contributed by atoms with van der Waals surface area (Å²) in [6.45, 7) is 17.0. The van der Waals surface area contributed by atoms with Crippen molar-refractivity contribution in [1.29, 1.82) is 0 Å². The van der Waals surface area contributed by atoms with Crippen LogP contribution in [0.2, 0.25) is 0 Å². The Morgan fingerprint density at radius 2 is 0.878 bits per heavy atom. The van der Waals surface area contributed by atoms with Crippen LogP contribution in [0, 0.1) is 0 Å². The summed E-state index contributed by atoms with van der Waals surface area (Å²) in [5.41, 5.74) is 3.74. The number of urea groups is 2. The molecule has 0 unspecified atom stereocenters. The molecule has 0 fully saturated rings. The van der Waals surface area contributed by atoms with Crippen molar-refractivity contribution in [3.8, 4) is 0 Å². The van der Waals surface area contributed by atoms with Crippen molar-refractivity contribution in [3.63, 3.8) is 0 Å². The fourth-order valence-corrected chi connectivity index (χ4v) is 6.07. The maximum absolute atomic E-state index is 12.6. The van der Waals surface area contributed by atoms with Crippen LogP contribution in [0.15, 0.2) is 48.5 Å². The van der Waals surface area contributed by atoms with Gasteiger partial charge in [0.2, 0.25) is 0 Å². The van der Waals surface area contributed by atoms with Gasteiger partial charge in [0.1, 0.15) is 0 Å². The lowest BCUT2D eigenvalue weighted by molar-refractivity contribution is 0.245. The van der Waals surface area contributed by atoms with Crippen molar-refractivity contribution >= 4 is 23.4 Å². The van der Waals surface area contributed by atoms with E-state index >= 15 is 0 Å². The summed E-state index contributed by atoms with van der Waals surface area (Å²) in [6.07, 6.45) is 17.7. The summed E-state index contributed by atoms with van der Waals surface area (Å²) in [5.74, 6) is 0. The smallest absolute Gasteiger partial charge is 0.319 e. The number of carbonyl (C=O) groups excluding carboxylic acids is 2. The Kier molecular flexibility index (Phi) is 23.8. The molecule has 0 aliphatic rings. The standard InChI is InChI=1S/C41H70N6O2/c1-5-9-13-15-29-46(27-11-7-3)31-19-25-42-40(48)44-38-23-17-21-36(34-38)33-37-22-18-24-39(35-37)45-41(49)43-26-20-32-47(28-12-8-4)30-16-14-10-6-2/h17-18,21-24,34-35H,5-16,19-20,25-33H2,1-4H3,(H2,42,44,48)(H2,43,45,49). The molecule has 0 aliphatic heterocycles. The van der Waals surface area contributed by atoms with Gasteiger partial charge in [0.15, 0.2) is 0 Å². The molecule has 0 aromatic heterocycles. The van der Waals surface area contributed by atoms with E-state index in [0.717, 1.165) is 74.6 Å². The van der Waals surface area contributed by atoms with Crippen LogP contribution < -0.4 is 21.3 Å². The van der Waals surface area contributed by atoms with Crippen LogP contribution >= 0.6 is 0 Å². The van der Waals surface area contributed by atoms with Crippen LogP contribution in [-0.2, 0) is 6.42 Å². The minimum absolute atomic E-state index is 0.168. The molecule has 8 nitrogen and oxygen atoms in total. The van der Waals surface area contributed by atoms with E-state index in [0.29, 0.717) is 19.5 Å². The predicted molar refractivity (Wildman–Crippen MR) is 210 cm³/mol. The second-order valence-electron chi connectivity index (χ2n) is 13.6. The van der Waals surface area contributed by atoms with Crippen LogP contribution in [-0.4, -0.2) is 74.2 Å². The topological polar surface area (TPSA) is 88.7 Å². The lowest BCUT2D eigenvalue weighted by Crippen LogP contribution is -2.33. The van der Waals surface area contributed by atoms with Gasteiger partial charge in [0.25, 0.3) is 0 Å². The number of nitrogens with one attached hydrogen (secondary N) is 4. The molecular formula is C41H70N6O2. The highest BCUT2D eigenvalue weighted by atomic mass is 16.2. The lowest BCUT2D eigenvalue weighted by Gasteiger charge is -2.22. The van der Waals surface area contributed by atoms with Crippen LogP contribution in [0.5, 0.6) is 0 Å². The number of amides is 4. The Labute approximate surface area is 299 Å². The molecule has 0 saturated heterocycles. The highest BCUT2D eigenvalue weighted by Gasteiger charge is 2.09. The first kappa shape index (κ1) is 42.1. The SMILES string of the molecule is CCCCCCN(CCCC)CCCNC(=O)Nc1cccc(Cc2cccc(NC(=O)NCCCN(CCCC)CCCCCC)c2)c1. The fourth-order valence-electron chi connectivity index (χ4n) is 6.07. The minimum atomic E-state index is -0.168. The van der Waals surface area contributed by atoms with Gasteiger partial charge in [-0.1, -0.05) is 103 Å². The second kappa shape index (κ2) is 27.7. The van der Waals surface area contributed by atoms with Crippen molar-refractivity contribution < 1.29 is 9.59 Å². The van der Waals surface area contributed by atoms with Gasteiger partial charge in [-0.05, 0) is 120 Å². The zero-order valence-electron chi connectivity index (χ0n) is 31.6. The summed E-state index contributed by atoms with van der Waals surface area (Å²) in [6, 6.07) is 15.6. The molecule has 49 heavy (non-hydrogen) atoms. The third-order valence-electron chi connectivity index (χ3n) is 8.96. The molecule has 276 valence electrons. The molecule has 0 bridgehead atoms. The van der Waals surface area contributed by atoms with Crippen molar-refractivity contribution in [2.24, 2.45) is 0 Å². The highest BCUT2D eigenvalue weighted by molar-refractivity contribution is 5.89. The largest absolute Gasteiger partial charge is 0.338 e.